The van der Waals surface area contributed by atoms with Gasteiger partial charge in [0.15, 0.2) is 5.84 Å². The highest BCUT2D eigenvalue weighted by molar-refractivity contribution is 5.84. The molecule has 1 saturated carbocycles. The van der Waals surface area contributed by atoms with E-state index in [2.05, 4.69) is 17.4 Å². The fourth-order valence-corrected chi connectivity index (χ4v) is 2.34. The first-order valence-electron chi connectivity index (χ1n) is 5.90. The highest BCUT2D eigenvalue weighted by Crippen LogP contribution is 2.26. The summed E-state index contributed by atoms with van der Waals surface area (Å²) < 4.78 is 0. The Morgan fingerprint density at radius 2 is 2.33 bits per heavy atom. The monoisotopic (exact) mass is 213 g/mol. The minimum atomic E-state index is -0.0318. The summed E-state index contributed by atoms with van der Waals surface area (Å²) in [6, 6.07) is 0.495. The zero-order chi connectivity index (χ0) is 11.3. The first-order chi connectivity index (χ1) is 7.17. The van der Waals surface area contributed by atoms with E-state index in [0.717, 1.165) is 5.92 Å². The first-order valence-corrected chi connectivity index (χ1v) is 5.90. The molecule has 0 radical (unpaired) electrons. The van der Waals surface area contributed by atoms with Crippen molar-refractivity contribution in [2.24, 2.45) is 16.8 Å². The van der Waals surface area contributed by atoms with Crippen molar-refractivity contribution >= 4 is 5.84 Å². The fourth-order valence-electron chi connectivity index (χ4n) is 2.34. The number of amidine groups is 1. The summed E-state index contributed by atoms with van der Waals surface area (Å²) in [5.74, 6) is 1.12. The van der Waals surface area contributed by atoms with Gasteiger partial charge < -0.3 is 16.3 Å². The molecule has 0 aromatic rings. The summed E-state index contributed by atoms with van der Waals surface area (Å²) in [6.07, 6.45) is 6.33. The van der Waals surface area contributed by atoms with E-state index >= 15 is 0 Å². The molecule has 4 heteroatoms. The fraction of sp³-hybridized carbons (Fsp3) is 0.909. The van der Waals surface area contributed by atoms with E-state index in [1.54, 1.807) is 0 Å². The molecule has 1 aliphatic carbocycles. The second kappa shape index (κ2) is 5.95. The predicted octanol–water partition coefficient (Wildman–Crippen LogP) is 1.68. The molecule has 3 unspecified atom stereocenters. The van der Waals surface area contributed by atoms with E-state index < -0.39 is 0 Å². The Labute approximate surface area is 91.9 Å². The number of hydrogen-bond acceptors (Lipinski definition) is 3. The molecule has 0 aromatic heterocycles. The Kier molecular flexibility index (Phi) is 4.88. The maximum atomic E-state index is 8.56. The zero-order valence-corrected chi connectivity index (χ0v) is 9.74. The lowest BCUT2D eigenvalue weighted by molar-refractivity contribution is 0.272. The highest BCUT2D eigenvalue weighted by Gasteiger charge is 2.22. The van der Waals surface area contributed by atoms with Crippen LogP contribution in [0.5, 0.6) is 0 Å². The average molecular weight is 213 g/mol. The Balaban J connectivity index is 2.37. The Morgan fingerprint density at radius 1 is 1.60 bits per heavy atom. The van der Waals surface area contributed by atoms with Gasteiger partial charge in [-0.05, 0) is 25.7 Å². The third-order valence-electron chi connectivity index (χ3n) is 3.40. The van der Waals surface area contributed by atoms with Crippen LogP contribution in [0.4, 0.5) is 0 Å². The van der Waals surface area contributed by atoms with Gasteiger partial charge in [0.25, 0.3) is 0 Å². The van der Waals surface area contributed by atoms with Gasteiger partial charge in [-0.15, -0.1) is 0 Å². The molecule has 1 aliphatic rings. The van der Waals surface area contributed by atoms with Crippen LogP contribution < -0.4 is 11.1 Å². The van der Waals surface area contributed by atoms with Crippen molar-refractivity contribution in [1.82, 2.24) is 5.32 Å². The average Bonchev–Trinajstić information content (AvgIpc) is 2.28. The van der Waals surface area contributed by atoms with Crippen molar-refractivity contribution in [2.75, 3.05) is 0 Å². The van der Waals surface area contributed by atoms with Gasteiger partial charge in [-0.2, -0.15) is 0 Å². The third kappa shape index (κ3) is 3.70. The van der Waals surface area contributed by atoms with Gasteiger partial charge in [-0.25, -0.2) is 0 Å². The minimum Gasteiger partial charge on any atom is -0.409 e. The lowest BCUT2D eigenvalue weighted by atomic mass is 9.84. The molecule has 0 aliphatic heterocycles. The predicted molar refractivity (Wildman–Crippen MR) is 62.0 cm³/mol. The van der Waals surface area contributed by atoms with E-state index in [4.69, 9.17) is 10.9 Å². The van der Waals surface area contributed by atoms with E-state index in [0.29, 0.717) is 6.04 Å². The molecule has 3 atom stereocenters. The second-order valence-corrected chi connectivity index (χ2v) is 4.55. The SMILES string of the molecule is CCC1CCCC(NC(C)C(N)=NO)C1. The molecule has 0 bridgehead atoms. The zero-order valence-electron chi connectivity index (χ0n) is 9.74. The van der Waals surface area contributed by atoms with E-state index in [9.17, 15) is 0 Å². The molecule has 0 heterocycles. The van der Waals surface area contributed by atoms with Crippen molar-refractivity contribution in [2.45, 2.75) is 58.0 Å². The summed E-state index contributed by atoms with van der Waals surface area (Å²) in [6.45, 7) is 4.19. The van der Waals surface area contributed by atoms with E-state index in [-0.39, 0.29) is 11.9 Å². The van der Waals surface area contributed by atoms with Crippen LogP contribution in [0.25, 0.3) is 0 Å². The molecular weight excluding hydrogens is 190 g/mol. The molecule has 15 heavy (non-hydrogen) atoms. The molecule has 4 nitrogen and oxygen atoms in total. The lowest BCUT2D eigenvalue weighted by Crippen LogP contribution is -2.46. The topological polar surface area (TPSA) is 70.6 Å². The molecule has 0 amide bonds. The molecule has 88 valence electrons. The maximum Gasteiger partial charge on any atom is 0.156 e. The Morgan fingerprint density at radius 3 is 2.93 bits per heavy atom. The van der Waals surface area contributed by atoms with Crippen LogP contribution in [0.3, 0.4) is 0 Å². The number of rotatable bonds is 4. The lowest BCUT2D eigenvalue weighted by Gasteiger charge is -2.31. The van der Waals surface area contributed by atoms with Crippen molar-refractivity contribution in [3.8, 4) is 0 Å². The molecule has 0 saturated heterocycles. The standard InChI is InChI=1S/C11H23N3O/c1-3-9-5-4-6-10(7-9)13-8(2)11(12)14-15/h8-10,13,15H,3-7H2,1-2H3,(H2,12,14). The number of hydrogen-bond donors (Lipinski definition) is 3. The van der Waals surface area contributed by atoms with Gasteiger partial charge >= 0.3 is 0 Å². The quantitative estimate of drug-likeness (QED) is 0.288. The number of nitrogens with two attached hydrogens (primary N) is 1. The van der Waals surface area contributed by atoms with Crippen molar-refractivity contribution < 1.29 is 5.21 Å². The smallest absolute Gasteiger partial charge is 0.156 e. The van der Waals surface area contributed by atoms with Crippen LogP contribution in [-0.2, 0) is 0 Å². The molecule has 1 fully saturated rings. The minimum absolute atomic E-state index is 0.0318. The molecule has 1 rings (SSSR count). The van der Waals surface area contributed by atoms with Crippen LogP contribution >= 0.6 is 0 Å². The number of oxime groups is 1. The van der Waals surface area contributed by atoms with Gasteiger partial charge in [0.05, 0.1) is 6.04 Å². The van der Waals surface area contributed by atoms with Crippen molar-refractivity contribution in [1.29, 1.82) is 0 Å². The molecular formula is C11H23N3O. The van der Waals surface area contributed by atoms with Crippen molar-refractivity contribution in [3.05, 3.63) is 0 Å². The Bertz CT molecular complexity index is 218. The van der Waals surface area contributed by atoms with Gasteiger partial charge in [0.1, 0.15) is 0 Å². The first kappa shape index (κ1) is 12.3. The van der Waals surface area contributed by atoms with Gasteiger partial charge in [-0.3, -0.25) is 0 Å². The summed E-state index contributed by atoms with van der Waals surface area (Å²) in [5.41, 5.74) is 5.54. The van der Waals surface area contributed by atoms with Crippen LogP contribution in [0.1, 0.15) is 46.0 Å². The second-order valence-electron chi connectivity index (χ2n) is 4.55. The maximum absolute atomic E-state index is 8.56. The summed E-state index contributed by atoms with van der Waals surface area (Å²) >= 11 is 0. The third-order valence-corrected chi connectivity index (χ3v) is 3.40. The highest BCUT2D eigenvalue weighted by atomic mass is 16.4. The van der Waals surface area contributed by atoms with E-state index in [1.165, 1.54) is 32.1 Å². The van der Waals surface area contributed by atoms with Crippen LogP contribution in [0.2, 0.25) is 0 Å². The number of nitrogens with one attached hydrogen (secondary N) is 1. The number of nitrogens with zero attached hydrogens (tertiary/aromatic N) is 1. The summed E-state index contributed by atoms with van der Waals surface area (Å²) in [5, 5.41) is 15.0. The van der Waals surface area contributed by atoms with E-state index in [1.807, 2.05) is 6.92 Å². The summed E-state index contributed by atoms with van der Waals surface area (Å²) in [4.78, 5) is 0. The van der Waals surface area contributed by atoms with Gasteiger partial charge in [0, 0.05) is 6.04 Å². The Hall–Kier alpha value is -0.770. The van der Waals surface area contributed by atoms with Crippen LogP contribution in [0.15, 0.2) is 5.16 Å². The van der Waals surface area contributed by atoms with Gasteiger partial charge in [-0.1, -0.05) is 31.3 Å². The van der Waals surface area contributed by atoms with Crippen LogP contribution in [0, 0.1) is 5.92 Å². The van der Waals surface area contributed by atoms with Crippen LogP contribution in [-0.4, -0.2) is 23.1 Å². The van der Waals surface area contributed by atoms with Gasteiger partial charge in [0.2, 0.25) is 0 Å². The van der Waals surface area contributed by atoms with Crippen molar-refractivity contribution in [3.63, 3.8) is 0 Å². The molecule has 4 N–H and O–H groups in total. The molecule has 0 spiro atoms. The normalized spacial score (nSPS) is 30.1. The summed E-state index contributed by atoms with van der Waals surface area (Å²) in [7, 11) is 0. The largest absolute Gasteiger partial charge is 0.409 e. The molecule has 0 aromatic carbocycles.